The van der Waals surface area contributed by atoms with Gasteiger partial charge in [-0.1, -0.05) is 6.07 Å². The Balaban J connectivity index is 2.71. The summed E-state index contributed by atoms with van der Waals surface area (Å²) in [6.07, 6.45) is 0.409. The van der Waals surface area contributed by atoms with Crippen LogP contribution in [0.1, 0.15) is 22.3 Å². The molecule has 17 heavy (non-hydrogen) atoms. The van der Waals surface area contributed by atoms with Gasteiger partial charge >= 0.3 is 5.97 Å². The second kappa shape index (κ2) is 5.97. The highest BCUT2D eigenvalue weighted by molar-refractivity contribution is 5.87. The topological polar surface area (TPSA) is 64.3 Å². The summed E-state index contributed by atoms with van der Waals surface area (Å²) in [5.41, 5.74) is 0.362. The van der Waals surface area contributed by atoms with E-state index in [1.807, 2.05) is 18.0 Å². The van der Waals surface area contributed by atoms with Crippen LogP contribution < -0.4 is 0 Å². The van der Waals surface area contributed by atoms with Crippen LogP contribution in [-0.2, 0) is 6.54 Å². The van der Waals surface area contributed by atoms with Crippen LogP contribution in [0.4, 0.5) is 4.39 Å². The largest absolute Gasteiger partial charge is 0.478 e. The average Bonchev–Trinajstić information content (AvgIpc) is 2.26. The number of hydrogen-bond donors (Lipinski definition) is 1. The van der Waals surface area contributed by atoms with Gasteiger partial charge in [0.2, 0.25) is 0 Å². The number of rotatable bonds is 5. The van der Waals surface area contributed by atoms with Crippen molar-refractivity contribution in [1.82, 2.24) is 4.90 Å². The van der Waals surface area contributed by atoms with Crippen molar-refractivity contribution in [2.75, 3.05) is 13.6 Å². The Labute approximate surface area is 98.9 Å². The fourth-order valence-electron chi connectivity index (χ4n) is 1.46. The number of aromatic carboxylic acids is 1. The van der Waals surface area contributed by atoms with Crippen LogP contribution >= 0.6 is 0 Å². The summed E-state index contributed by atoms with van der Waals surface area (Å²) < 4.78 is 13.4. The molecule has 1 aromatic rings. The lowest BCUT2D eigenvalue weighted by Gasteiger charge is -2.14. The molecule has 0 saturated carbocycles. The number of benzene rings is 1. The third kappa shape index (κ3) is 3.85. The summed E-state index contributed by atoms with van der Waals surface area (Å²) in [5.74, 6) is -2.00. The van der Waals surface area contributed by atoms with Gasteiger partial charge in [-0.15, -0.1) is 0 Å². The van der Waals surface area contributed by atoms with E-state index in [4.69, 9.17) is 10.4 Å². The molecule has 0 heterocycles. The summed E-state index contributed by atoms with van der Waals surface area (Å²) in [4.78, 5) is 12.5. The molecular formula is C12H13FN2O2. The molecule has 5 heteroatoms. The van der Waals surface area contributed by atoms with Crippen molar-refractivity contribution in [2.45, 2.75) is 13.0 Å². The fraction of sp³-hybridized carbons (Fsp3) is 0.333. The highest BCUT2D eigenvalue weighted by Crippen LogP contribution is 2.12. The molecule has 0 amide bonds. The monoisotopic (exact) mass is 236 g/mol. The summed E-state index contributed by atoms with van der Waals surface area (Å²) >= 11 is 0. The van der Waals surface area contributed by atoms with Gasteiger partial charge in [0.25, 0.3) is 0 Å². The molecule has 0 aliphatic heterocycles. The predicted molar refractivity (Wildman–Crippen MR) is 59.9 cm³/mol. The fourth-order valence-corrected chi connectivity index (χ4v) is 1.46. The lowest BCUT2D eigenvalue weighted by atomic mass is 10.1. The normalized spacial score (nSPS) is 10.2. The molecular weight excluding hydrogens is 223 g/mol. The van der Waals surface area contributed by atoms with E-state index in [-0.39, 0.29) is 5.56 Å². The smallest absolute Gasteiger partial charge is 0.338 e. The van der Waals surface area contributed by atoms with Crippen LogP contribution in [0.3, 0.4) is 0 Å². The first-order valence-corrected chi connectivity index (χ1v) is 5.12. The summed E-state index contributed by atoms with van der Waals surface area (Å²) in [5, 5.41) is 17.1. The van der Waals surface area contributed by atoms with Gasteiger partial charge in [-0.25, -0.2) is 9.18 Å². The van der Waals surface area contributed by atoms with Crippen LogP contribution in [0.2, 0.25) is 0 Å². The minimum absolute atomic E-state index is 0.326. The van der Waals surface area contributed by atoms with Crippen LogP contribution in [0.25, 0.3) is 0 Å². The lowest BCUT2D eigenvalue weighted by Crippen LogP contribution is -2.19. The number of carboxylic acid groups (broad SMARTS) is 1. The quantitative estimate of drug-likeness (QED) is 0.847. The summed E-state index contributed by atoms with van der Waals surface area (Å²) in [7, 11) is 1.82. The third-order valence-corrected chi connectivity index (χ3v) is 2.32. The first-order chi connectivity index (χ1) is 8.04. The minimum Gasteiger partial charge on any atom is -0.478 e. The van der Waals surface area contributed by atoms with Crippen molar-refractivity contribution in [3.63, 3.8) is 0 Å². The second-order valence-electron chi connectivity index (χ2n) is 3.77. The Morgan fingerprint density at radius 1 is 1.59 bits per heavy atom. The maximum atomic E-state index is 13.4. The molecule has 0 aromatic heterocycles. The Hall–Kier alpha value is -1.93. The van der Waals surface area contributed by atoms with E-state index in [1.54, 1.807) is 6.07 Å². The van der Waals surface area contributed by atoms with Gasteiger partial charge < -0.3 is 10.0 Å². The number of nitrogens with zero attached hydrogens (tertiary/aromatic N) is 2. The van der Waals surface area contributed by atoms with Gasteiger partial charge in [0.1, 0.15) is 5.82 Å². The predicted octanol–water partition coefficient (Wildman–Crippen LogP) is 1.87. The van der Waals surface area contributed by atoms with E-state index >= 15 is 0 Å². The number of carbonyl (C=O) groups is 1. The van der Waals surface area contributed by atoms with E-state index < -0.39 is 11.8 Å². The van der Waals surface area contributed by atoms with Gasteiger partial charge in [-0.2, -0.15) is 5.26 Å². The zero-order valence-corrected chi connectivity index (χ0v) is 9.48. The van der Waals surface area contributed by atoms with Gasteiger partial charge in [0.05, 0.1) is 11.6 Å². The molecule has 0 fully saturated rings. The first-order valence-electron chi connectivity index (χ1n) is 5.12. The molecule has 0 spiro atoms. The molecule has 0 radical (unpaired) electrons. The molecule has 4 nitrogen and oxygen atoms in total. The molecule has 1 aromatic carbocycles. The molecule has 0 bridgehead atoms. The van der Waals surface area contributed by atoms with Gasteiger partial charge in [-0.05, 0) is 24.7 Å². The first kappa shape index (κ1) is 13.1. The van der Waals surface area contributed by atoms with E-state index in [2.05, 4.69) is 0 Å². The molecule has 0 aliphatic carbocycles. The molecule has 0 unspecified atom stereocenters. The molecule has 90 valence electrons. The SMILES string of the molecule is CN(CCC#N)Cc1ccc(C(=O)O)c(F)c1. The average molecular weight is 236 g/mol. The maximum Gasteiger partial charge on any atom is 0.338 e. The third-order valence-electron chi connectivity index (χ3n) is 2.32. The van der Waals surface area contributed by atoms with Gasteiger partial charge in [0, 0.05) is 19.5 Å². The van der Waals surface area contributed by atoms with Crippen molar-refractivity contribution in [2.24, 2.45) is 0 Å². The van der Waals surface area contributed by atoms with Crippen LogP contribution in [0, 0.1) is 17.1 Å². The standard InChI is InChI=1S/C12H13FN2O2/c1-15(6-2-5-14)8-9-3-4-10(12(16)17)11(13)7-9/h3-4,7H,2,6,8H2,1H3,(H,16,17). The van der Waals surface area contributed by atoms with Crippen molar-refractivity contribution < 1.29 is 14.3 Å². The van der Waals surface area contributed by atoms with Crippen molar-refractivity contribution in [3.8, 4) is 6.07 Å². The Morgan fingerprint density at radius 2 is 2.29 bits per heavy atom. The number of hydrogen-bond acceptors (Lipinski definition) is 3. The van der Waals surface area contributed by atoms with E-state index in [0.29, 0.717) is 25.1 Å². The second-order valence-corrected chi connectivity index (χ2v) is 3.77. The maximum absolute atomic E-state index is 13.4. The van der Waals surface area contributed by atoms with Crippen LogP contribution in [-0.4, -0.2) is 29.6 Å². The van der Waals surface area contributed by atoms with Crippen molar-refractivity contribution >= 4 is 5.97 Å². The van der Waals surface area contributed by atoms with E-state index in [0.717, 1.165) is 0 Å². The zero-order valence-electron chi connectivity index (χ0n) is 9.48. The van der Waals surface area contributed by atoms with Gasteiger partial charge in [-0.3, -0.25) is 0 Å². The van der Waals surface area contributed by atoms with Crippen LogP contribution in [0.15, 0.2) is 18.2 Å². The Bertz CT molecular complexity index is 454. The molecule has 1 N–H and O–H groups in total. The number of carboxylic acids is 1. The lowest BCUT2D eigenvalue weighted by molar-refractivity contribution is 0.0692. The summed E-state index contributed by atoms with van der Waals surface area (Å²) in [6.45, 7) is 1.08. The number of nitriles is 1. The molecule has 0 saturated heterocycles. The minimum atomic E-state index is -1.27. The van der Waals surface area contributed by atoms with Crippen molar-refractivity contribution in [3.05, 3.63) is 35.1 Å². The highest BCUT2D eigenvalue weighted by atomic mass is 19.1. The Morgan fingerprint density at radius 3 is 2.82 bits per heavy atom. The summed E-state index contributed by atoms with van der Waals surface area (Å²) in [6, 6.07) is 6.07. The van der Waals surface area contributed by atoms with E-state index in [1.165, 1.54) is 12.1 Å². The van der Waals surface area contributed by atoms with E-state index in [9.17, 15) is 9.18 Å². The van der Waals surface area contributed by atoms with Gasteiger partial charge in [0.15, 0.2) is 0 Å². The molecule has 0 aliphatic rings. The number of halogens is 1. The van der Waals surface area contributed by atoms with Crippen molar-refractivity contribution in [1.29, 1.82) is 5.26 Å². The highest BCUT2D eigenvalue weighted by Gasteiger charge is 2.10. The van der Waals surface area contributed by atoms with Crippen LogP contribution in [0.5, 0.6) is 0 Å². The molecule has 1 rings (SSSR count). The Kier molecular flexibility index (Phi) is 4.61. The molecule has 0 atom stereocenters. The zero-order chi connectivity index (χ0) is 12.8.